The lowest BCUT2D eigenvalue weighted by Crippen LogP contribution is -2.44. The molecule has 0 aromatic carbocycles. The largest absolute Gasteiger partial charge is 0.595 e. The Kier molecular flexibility index (Phi) is 10.0. The van der Waals surface area contributed by atoms with Crippen molar-refractivity contribution in [2.24, 2.45) is 11.8 Å². The van der Waals surface area contributed by atoms with Crippen molar-refractivity contribution in [2.45, 2.75) is 128 Å². The summed E-state index contributed by atoms with van der Waals surface area (Å²) in [6.07, 6.45) is 22.0. The fraction of sp³-hybridized carbons (Fsp3) is 1.00. The third-order valence-electron chi connectivity index (χ3n) is 7.14. The molecule has 0 aromatic heterocycles. The van der Waals surface area contributed by atoms with E-state index in [9.17, 15) is 9.46 Å². The molecule has 25 heavy (non-hydrogen) atoms. The van der Waals surface area contributed by atoms with Crippen LogP contribution in [-0.2, 0) is 4.57 Å². The molecule has 0 amide bonds. The van der Waals surface area contributed by atoms with E-state index in [4.69, 9.17) is 0 Å². The van der Waals surface area contributed by atoms with Crippen molar-refractivity contribution in [3.05, 3.63) is 0 Å². The van der Waals surface area contributed by atoms with Crippen molar-refractivity contribution in [3.8, 4) is 0 Å². The Hall–Kier alpha value is 0.0600. The first kappa shape index (κ1) is 21.4. The first-order valence-electron chi connectivity index (χ1n) is 11.4. The van der Waals surface area contributed by atoms with Gasteiger partial charge in [-0.3, -0.25) is 0 Å². The smallest absolute Gasteiger partial charge is 0.315 e. The molecule has 0 aliphatic heterocycles. The van der Waals surface area contributed by atoms with Crippen LogP contribution >= 0.6 is 8.03 Å². The van der Waals surface area contributed by atoms with E-state index in [2.05, 4.69) is 6.92 Å². The van der Waals surface area contributed by atoms with E-state index < -0.39 is 8.03 Å². The van der Waals surface area contributed by atoms with Gasteiger partial charge in [-0.05, 0) is 38.5 Å². The van der Waals surface area contributed by atoms with Gasteiger partial charge in [-0.25, -0.2) is 0 Å². The lowest BCUT2D eigenvalue weighted by Gasteiger charge is -2.40. The van der Waals surface area contributed by atoms with Crippen LogP contribution in [0.4, 0.5) is 0 Å². The Morgan fingerprint density at radius 3 is 1.92 bits per heavy atom. The van der Waals surface area contributed by atoms with Gasteiger partial charge in [0.15, 0.2) is 5.16 Å². The molecule has 2 aliphatic rings. The second kappa shape index (κ2) is 11.7. The van der Waals surface area contributed by atoms with Gasteiger partial charge in [-0.15, -0.1) is 0 Å². The predicted molar refractivity (Wildman–Crippen MR) is 106 cm³/mol. The first-order chi connectivity index (χ1) is 12.2. The third kappa shape index (κ3) is 6.03. The molecule has 0 N–H and O–H groups in total. The van der Waals surface area contributed by atoms with Crippen LogP contribution in [0.3, 0.4) is 0 Å². The Bertz CT molecular complexity index is 374. The SMILES string of the molecule is CCCCC1CCCCCCCC1(C1CCCCCCCC1)[P+](=O)[O-]. The normalized spacial score (nSPS) is 31.8. The minimum absolute atomic E-state index is 0.390. The van der Waals surface area contributed by atoms with Gasteiger partial charge in [0.05, 0.1) is 0 Å². The van der Waals surface area contributed by atoms with Crippen LogP contribution in [0.25, 0.3) is 0 Å². The maximum absolute atomic E-state index is 12.8. The van der Waals surface area contributed by atoms with Gasteiger partial charge in [0.2, 0.25) is 0 Å². The van der Waals surface area contributed by atoms with Gasteiger partial charge in [-0.1, -0.05) is 88.5 Å². The summed E-state index contributed by atoms with van der Waals surface area (Å²) >= 11 is 0. The topological polar surface area (TPSA) is 40.1 Å². The van der Waals surface area contributed by atoms with E-state index in [1.165, 1.54) is 77.0 Å². The van der Waals surface area contributed by atoms with Gasteiger partial charge in [0.25, 0.3) is 0 Å². The number of unbranched alkanes of at least 4 members (excludes halogenated alkanes) is 1. The van der Waals surface area contributed by atoms with Crippen LogP contribution in [0.5, 0.6) is 0 Å². The average molecular weight is 369 g/mol. The summed E-state index contributed by atoms with van der Waals surface area (Å²) in [5.74, 6) is 0.837. The van der Waals surface area contributed by atoms with E-state index in [0.29, 0.717) is 11.8 Å². The molecule has 146 valence electrons. The highest BCUT2D eigenvalue weighted by molar-refractivity contribution is 7.38. The van der Waals surface area contributed by atoms with Gasteiger partial charge in [0.1, 0.15) is 0 Å². The van der Waals surface area contributed by atoms with Crippen LogP contribution in [0.1, 0.15) is 122 Å². The maximum Gasteiger partial charge on any atom is 0.315 e. The van der Waals surface area contributed by atoms with Crippen LogP contribution in [0.15, 0.2) is 0 Å². The molecule has 0 saturated heterocycles. The molecule has 0 heterocycles. The second-order valence-electron chi connectivity index (χ2n) is 8.79. The van der Waals surface area contributed by atoms with Crippen molar-refractivity contribution in [3.63, 3.8) is 0 Å². The molecule has 2 saturated carbocycles. The van der Waals surface area contributed by atoms with E-state index in [0.717, 1.165) is 38.5 Å². The number of hydrogen-bond acceptors (Lipinski definition) is 2. The van der Waals surface area contributed by atoms with Crippen LogP contribution in [0.2, 0.25) is 0 Å². The molecule has 3 heteroatoms. The van der Waals surface area contributed by atoms with E-state index in [1.54, 1.807) is 0 Å². The molecule has 0 radical (unpaired) electrons. The Morgan fingerprint density at radius 1 is 0.840 bits per heavy atom. The van der Waals surface area contributed by atoms with Crippen LogP contribution in [0, 0.1) is 11.8 Å². The van der Waals surface area contributed by atoms with Gasteiger partial charge >= 0.3 is 8.03 Å². The van der Waals surface area contributed by atoms with E-state index in [-0.39, 0.29) is 5.16 Å². The highest BCUT2D eigenvalue weighted by Gasteiger charge is 2.54. The third-order valence-corrected chi connectivity index (χ3v) is 8.78. The Balaban J connectivity index is 2.29. The molecular formula is C22H41O2P. The summed E-state index contributed by atoms with van der Waals surface area (Å²) in [6, 6.07) is 0. The van der Waals surface area contributed by atoms with Crippen molar-refractivity contribution < 1.29 is 9.46 Å². The lowest BCUT2D eigenvalue weighted by molar-refractivity contribution is -0.174. The van der Waals surface area contributed by atoms with E-state index >= 15 is 0 Å². The summed E-state index contributed by atoms with van der Waals surface area (Å²) < 4.78 is 12.8. The fourth-order valence-electron chi connectivity index (χ4n) is 5.69. The van der Waals surface area contributed by atoms with Crippen molar-refractivity contribution in [1.82, 2.24) is 0 Å². The second-order valence-corrected chi connectivity index (χ2v) is 10.1. The minimum Gasteiger partial charge on any atom is -0.595 e. The summed E-state index contributed by atoms with van der Waals surface area (Å²) in [4.78, 5) is 12.8. The summed E-state index contributed by atoms with van der Waals surface area (Å²) in [7, 11) is -2.35. The molecule has 0 aromatic rings. The summed E-state index contributed by atoms with van der Waals surface area (Å²) in [5.41, 5.74) is 0. The number of hydrogen-bond donors (Lipinski definition) is 0. The van der Waals surface area contributed by atoms with Crippen molar-refractivity contribution in [2.75, 3.05) is 0 Å². The summed E-state index contributed by atoms with van der Waals surface area (Å²) in [5, 5.41) is -0.390. The molecule has 0 bridgehead atoms. The zero-order chi connectivity index (χ0) is 18.0. The molecule has 2 nitrogen and oxygen atoms in total. The predicted octanol–water partition coefficient (Wildman–Crippen LogP) is 7.13. The molecule has 2 aliphatic carbocycles. The molecule has 3 unspecified atom stereocenters. The quantitative estimate of drug-likeness (QED) is 0.484. The Labute approximate surface area is 157 Å². The zero-order valence-corrected chi connectivity index (χ0v) is 17.5. The summed E-state index contributed by atoms with van der Waals surface area (Å²) in [6.45, 7) is 2.24. The van der Waals surface area contributed by atoms with Crippen molar-refractivity contribution >= 4 is 8.03 Å². The molecule has 3 atom stereocenters. The highest BCUT2D eigenvalue weighted by atomic mass is 31.1. The minimum atomic E-state index is -2.35. The van der Waals surface area contributed by atoms with Crippen LogP contribution in [-0.4, -0.2) is 5.16 Å². The van der Waals surface area contributed by atoms with Gasteiger partial charge in [-0.2, -0.15) is 0 Å². The fourth-order valence-corrected chi connectivity index (χ4v) is 7.14. The Morgan fingerprint density at radius 2 is 1.36 bits per heavy atom. The average Bonchev–Trinajstić information content (AvgIpc) is 2.80. The van der Waals surface area contributed by atoms with Crippen LogP contribution < -0.4 is 4.89 Å². The van der Waals surface area contributed by atoms with Gasteiger partial charge in [0, 0.05) is 11.8 Å². The maximum atomic E-state index is 12.8. The highest BCUT2D eigenvalue weighted by Crippen LogP contribution is 2.55. The number of rotatable bonds is 5. The van der Waals surface area contributed by atoms with Gasteiger partial charge < -0.3 is 4.89 Å². The zero-order valence-electron chi connectivity index (χ0n) is 16.6. The standard InChI is InChI=1S/C22H41O2P/c1-2-3-15-20-16-13-9-6-10-14-19-22(20,25(23)24)21-17-11-7-4-5-8-12-18-21/h20-21H,2-19H2,1H3. The first-order valence-corrected chi connectivity index (χ1v) is 12.5. The lowest BCUT2D eigenvalue weighted by atomic mass is 9.70. The van der Waals surface area contributed by atoms with E-state index in [1.807, 2.05) is 0 Å². The van der Waals surface area contributed by atoms with Crippen molar-refractivity contribution in [1.29, 1.82) is 0 Å². The monoisotopic (exact) mass is 368 g/mol. The molecule has 2 rings (SSSR count). The molecular weight excluding hydrogens is 327 g/mol. The molecule has 0 spiro atoms. The molecule has 2 fully saturated rings.